The summed E-state index contributed by atoms with van der Waals surface area (Å²) in [6.45, 7) is 0.317. The summed E-state index contributed by atoms with van der Waals surface area (Å²) in [6.07, 6.45) is 5.13. The van der Waals surface area contributed by atoms with E-state index in [0.29, 0.717) is 6.79 Å². The number of thioether (sulfide) groups is 1. The number of anilines is 1. The van der Waals surface area contributed by atoms with E-state index < -0.39 is 0 Å². The molecule has 0 radical (unpaired) electrons. The zero-order chi connectivity index (χ0) is 12.7. The number of nitrogens with zero attached hydrogens (tertiary/aromatic N) is 1. The van der Waals surface area contributed by atoms with E-state index in [1.165, 1.54) is 25.7 Å². The molecule has 0 saturated heterocycles. The number of hydrogen-bond acceptors (Lipinski definition) is 5. The number of benzene rings is 1. The molecule has 1 saturated carbocycles. The normalized spacial score (nSPS) is 22.8. The summed E-state index contributed by atoms with van der Waals surface area (Å²) in [5.74, 6) is 2.75. The molecule has 2 aliphatic heterocycles. The first kappa shape index (κ1) is 11.5. The molecule has 3 aliphatic rings. The van der Waals surface area contributed by atoms with Crippen molar-refractivity contribution in [2.45, 2.75) is 31.2 Å². The van der Waals surface area contributed by atoms with Crippen molar-refractivity contribution >= 4 is 22.6 Å². The Morgan fingerprint density at radius 2 is 2.00 bits per heavy atom. The fraction of sp³-hybridized carbons (Fsp3) is 0.500. The van der Waals surface area contributed by atoms with Gasteiger partial charge in [-0.05, 0) is 25.0 Å². The standard InChI is InChI=1S/C14H16N2O2S/c1-2-6-14(5-1)8-19-13(16-14)15-10-3-4-11-12(7-10)18-9-17-11/h3-4,7H,1-2,5-6,8-9H2,(H,15,16). The van der Waals surface area contributed by atoms with Gasteiger partial charge in [0.1, 0.15) is 0 Å². The van der Waals surface area contributed by atoms with Gasteiger partial charge in [-0.25, -0.2) is 0 Å². The van der Waals surface area contributed by atoms with Gasteiger partial charge in [-0.2, -0.15) is 0 Å². The van der Waals surface area contributed by atoms with E-state index >= 15 is 0 Å². The topological polar surface area (TPSA) is 42.9 Å². The van der Waals surface area contributed by atoms with Crippen molar-refractivity contribution in [2.24, 2.45) is 4.99 Å². The van der Waals surface area contributed by atoms with E-state index in [9.17, 15) is 0 Å². The van der Waals surface area contributed by atoms with E-state index in [0.717, 1.165) is 28.1 Å². The Kier molecular flexibility index (Phi) is 2.62. The molecular formula is C14H16N2O2S. The van der Waals surface area contributed by atoms with E-state index in [4.69, 9.17) is 14.5 Å². The van der Waals surface area contributed by atoms with Crippen LogP contribution in [0.25, 0.3) is 0 Å². The number of ether oxygens (including phenoxy) is 2. The molecule has 1 fully saturated rings. The molecule has 0 bridgehead atoms. The van der Waals surface area contributed by atoms with Gasteiger partial charge in [-0.1, -0.05) is 24.6 Å². The number of aliphatic imine (C=N–C) groups is 1. The fourth-order valence-corrected chi connectivity index (χ4v) is 4.14. The predicted molar refractivity (Wildman–Crippen MR) is 77.3 cm³/mol. The summed E-state index contributed by atoms with van der Waals surface area (Å²) in [7, 11) is 0. The third-order valence-corrected chi connectivity index (χ3v) is 5.12. The van der Waals surface area contributed by atoms with Crippen molar-refractivity contribution in [3.63, 3.8) is 0 Å². The molecule has 1 aromatic carbocycles. The minimum absolute atomic E-state index is 0.226. The molecule has 4 nitrogen and oxygen atoms in total. The van der Waals surface area contributed by atoms with E-state index in [1.54, 1.807) is 0 Å². The van der Waals surface area contributed by atoms with Gasteiger partial charge in [-0.15, -0.1) is 0 Å². The molecule has 4 rings (SSSR count). The van der Waals surface area contributed by atoms with Gasteiger partial charge in [0.2, 0.25) is 6.79 Å². The van der Waals surface area contributed by atoms with Crippen molar-refractivity contribution in [2.75, 3.05) is 17.9 Å². The Hall–Kier alpha value is -1.36. The molecule has 100 valence electrons. The molecule has 0 atom stereocenters. The van der Waals surface area contributed by atoms with Gasteiger partial charge in [0.25, 0.3) is 0 Å². The number of amidine groups is 1. The second kappa shape index (κ2) is 4.34. The molecule has 5 heteroatoms. The monoisotopic (exact) mass is 276 g/mol. The molecule has 1 aliphatic carbocycles. The highest BCUT2D eigenvalue weighted by atomic mass is 32.2. The quantitative estimate of drug-likeness (QED) is 0.855. The van der Waals surface area contributed by atoms with Gasteiger partial charge in [0.15, 0.2) is 16.7 Å². The second-order valence-electron chi connectivity index (χ2n) is 5.33. The average Bonchev–Trinajstić information content (AvgIpc) is 3.12. The van der Waals surface area contributed by atoms with Crippen LogP contribution in [0.1, 0.15) is 25.7 Å². The lowest BCUT2D eigenvalue weighted by atomic mass is 10.0. The van der Waals surface area contributed by atoms with E-state index in [1.807, 2.05) is 30.0 Å². The smallest absolute Gasteiger partial charge is 0.231 e. The first-order valence-electron chi connectivity index (χ1n) is 6.72. The second-order valence-corrected chi connectivity index (χ2v) is 6.29. The van der Waals surface area contributed by atoms with Gasteiger partial charge >= 0.3 is 0 Å². The molecule has 2 heterocycles. The molecule has 0 aromatic heterocycles. The van der Waals surface area contributed by atoms with Crippen molar-refractivity contribution in [1.82, 2.24) is 0 Å². The Balaban J connectivity index is 1.53. The van der Waals surface area contributed by atoms with Crippen LogP contribution in [-0.2, 0) is 0 Å². The van der Waals surface area contributed by atoms with E-state index in [2.05, 4.69) is 5.32 Å². The SMILES string of the molecule is c1cc2c(cc1NC1=NC3(CCCC3)CS1)OCO2. The van der Waals surface area contributed by atoms with Crippen LogP contribution in [0.15, 0.2) is 23.2 Å². The van der Waals surface area contributed by atoms with Gasteiger partial charge in [0, 0.05) is 17.5 Å². The summed E-state index contributed by atoms with van der Waals surface area (Å²) >= 11 is 1.83. The van der Waals surface area contributed by atoms with Crippen LogP contribution < -0.4 is 14.8 Å². The Morgan fingerprint density at radius 1 is 1.16 bits per heavy atom. The molecule has 1 aromatic rings. The minimum atomic E-state index is 0.226. The first-order valence-corrected chi connectivity index (χ1v) is 7.71. The van der Waals surface area contributed by atoms with Crippen LogP contribution in [0.2, 0.25) is 0 Å². The lowest BCUT2D eigenvalue weighted by Crippen LogP contribution is -2.21. The number of rotatable bonds is 1. The van der Waals surface area contributed by atoms with Crippen LogP contribution in [0, 0.1) is 0 Å². The maximum atomic E-state index is 5.39. The summed E-state index contributed by atoms with van der Waals surface area (Å²) in [6, 6.07) is 5.93. The summed E-state index contributed by atoms with van der Waals surface area (Å²) in [4.78, 5) is 4.90. The van der Waals surface area contributed by atoms with Gasteiger partial charge in [-0.3, -0.25) is 4.99 Å². The van der Waals surface area contributed by atoms with Crippen LogP contribution in [0.5, 0.6) is 11.5 Å². The molecule has 0 amide bonds. The third-order valence-electron chi connectivity index (χ3n) is 3.97. The van der Waals surface area contributed by atoms with Crippen LogP contribution in [0.3, 0.4) is 0 Å². The Bertz CT molecular complexity index is 538. The number of hydrogen-bond donors (Lipinski definition) is 1. The van der Waals surface area contributed by atoms with E-state index in [-0.39, 0.29) is 5.54 Å². The number of fused-ring (bicyclic) bond motifs is 1. The maximum Gasteiger partial charge on any atom is 0.231 e. The average molecular weight is 276 g/mol. The molecule has 0 unspecified atom stereocenters. The van der Waals surface area contributed by atoms with Crippen LogP contribution in [0.4, 0.5) is 5.69 Å². The largest absolute Gasteiger partial charge is 0.454 e. The van der Waals surface area contributed by atoms with Gasteiger partial charge in [0.05, 0.1) is 5.54 Å². The van der Waals surface area contributed by atoms with Crippen molar-refractivity contribution in [1.29, 1.82) is 0 Å². The fourth-order valence-electron chi connectivity index (χ4n) is 2.93. The zero-order valence-corrected chi connectivity index (χ0v) is 11.5. The van der Waals surface area contributed by atoms with Crippen molar-refractivity contribution in [3.8, 4) is 11.5 Å². The molecule has 19 heavy (non-hydrogen) atoms. The number of nitrogens with one attached hydrogen (secondary N) is 1. The van der Waals surface area contributed by atoms with Crippen LogP contribution >= 0.6 is 11.8 Å². The Morgan fingerprint density at radius 3 is 2.89 bits per heavy atom. The first-order chi connectivity index (χ1) is 9.33. The zero-order valence-electron chi connectivity index (χ0n) is 10.6. The minimum Gasteiger partial charge on any atom is -0.454 e. The van der Waals surface area contributed by atoms with Gasteiger partial charge < -0.3 is 14.8 Å². The Labute approximate surface area is 116 Å². The lowest BCUT2D eigenvalue weighted by molar-refractivity contribution is 0.174. The summed E-state index contributed by atoms with van der Waals surface area (Å²) in [5.41, 5.74) is 1.24. The molecule has 1 N–H and O–H groups in total. The highest BCUT2D eigenvalue weighted by Crippen LogP contribution is 2.41. The lowest BCUT2D eigenvalue weighted by Gasteiger charge is -2.16. The molecule has 1 spiro atoms. The van der Waals surface area contributed by atoms with Crippen molar-refractivity contribution < 1.29 is 9.47 Å². The molecular weight excluding hydrogens is 260 g/mol. The highest BCUT2D eigenvalue weighted by Gasteiger charge is 2.38. The van der Waals surface area contributed by atoms with Crippen molar-refractivity contribution in [3.05, 3.63) is 18.2 Å². The predicted octanol–water partition coefficient (Wildman–Crippen LogP) is 3.24. The third kappa shape index (κ3) is 2.06. The highest BCUT2D eigenvalue weighted by molar-refractivity contribution is 8.14. The van der Waals surface area contributed by atoms with Crippen LogP contribution in [-0.4, -0.2) is 23.3 Å². The summed E-state index contributed by atoms with van der Waals surface area (Å²) in [5, 5.41) is 4.44. The maximum absolute atomic E-state index is 5.39. The summed E-state index contributed by atoms with van der Waals surface area (Å²) < 4.78 is 10.7.